The largest absolute Gasteiger partial charge is 0.506 e. The summed E-state index contributed by atoms with van der Waals surface area (Å²) in [6, 6.07) is 4.92. The number of carbonyl (C=O) groups is 1. The molecule has 3 aromatic rings. The number of aromatic nitrogens is 1. The van der Waals surface area contributed by atoms with Gasteiger partial charge in [0.05, 0.1) is 21.8 Å². The summed E-state index contributed by atoms with van der Waals surface area (Å²) >= 11 is 17.3. The zero-order valence-electron chi connectivity index (χ0n) is 13.2. The van der Waals surface area contributed by atoms with Crippen molar-refractivity contribution in [3.8, 4) is 5.75 Å². The van der Waals surface area contributed by atoms with E-state index in [1.165, 1.54) is 18.2 Å². The SMILES string of the molecule is O=C(N/N=C/c1cc(Cl)cc(Cl)c1O)c1c[nH]c2cc(Cl)c(F)cc2c1=O. The molecule has 0 fully saturated rings. The van der Waals surface area contributed by atoms with Crippen LogP contribution in [0, 0.1) is 5.82 Å². The number of nitrogens with zero attached hydrogens (tertiary/aromatic N) is 1. The molecule has 0 aliphatic carbocycles. The highest BCUT2D eigenvalue weighted by Gasteiger charge is 2.14. The van der Waals surface area contributed by atoms with E-state index in [4.69, 9.17) is 34.8 Å². The minimum atomic E-state index is -0.836. The van der Waals surface area contributed by atoms with Crippen molar-refractivity contribution in [3.05, 3.63) is 72.7 Å². The van der Waals surface area contributed by atoms with E-state index in [2.05, 4.69) is 15.5 Å². The topological polar surface area (TPSA) is 94.5 Å². The fourth-order valence-corrected chi connectivity index (χ4v) is 2.96. The maximum atomic E-state index is 13.6. The van der Waals surface area contributed by atoms with Crippen molar-refractivity contribution in [2.24, 2.45) is 5.10 Å². The number of benzene rings is 2. The molecule has 0 saturated carbocycles. The number of halogens is 4. The van der Waals surface area contributed by atoms with E-state index in [1.807, 2.05) is 0 Å². The van der Waals surface area contributed by atoms with Crippen LogP contribution in [0.4, 0.5) is 4.39 Å². The molecule has 138 valence electrons. The van der Waals surface area contributed by atoms with Crippen LogP contribution in [0.1, 0.15) is 15.9 Å². The van der Waals surface area contributed by atoms with Crippen LogP contribution in [0.25, 0.3) is 10.9 Å². The number of carbonyl (C=O) groups excluding carboxylic acids is 1. The van der Waals surface area contributed by atoms with Gasteiger partial charge in [-0.1, -0.05) is 34.8 Å². The van der Waals surface area contributed by atoms with E-state index in [-0.39, 0.29) is 42.8 Å². The third-order valence-electron chi connectivity index (χ3n) is 3.59. The first-order chi connectivity index (χ1) is 12.8. The molecule has 1 aromatic heterocycles. The number of hydrazone groups is 1. The van der Waals surface area contributed by atoms with E-state index in [0.29, 0.717) is 0 Å². The Kier molecular flexibility index (Phi) is 5.36. The molecule has 2 aromatic carbocycles. The number of hydrogen-bond acceptors (Lipinski definition) is 4. The Bertz CT molecular complexity index is 1160. The molecule has 10 heteroatoms. The van der Waals surface area contributed by atoms with Crippen molar-refractivity contribution >= 4 is 57.8 Å². The van der Waals surface area contributed by atoms with Gasteiger partial charge in [0.2, 0.25) is 5.43 Å². The average Bonchev–Trinajstić information content (AvgIpc) is 2.61. The van der Waals surface area contributed by atoms with Crippen LogP contribution in [0.5, 0.6) is 5.75 Å². The van der Waals surface area contributed by atoms with Crippen LogP contribution in [0.2, 0.25) is 15.1 Å². The van der Waals surface area contributed by atoms with E-state index in [9.17, 15) is 19.1 Å². The Morgan fingerprint density at radius 3 is 2.67 bits per heavy atom. The Morgan fingerprint density at radius 2 is 1.93 bits per heavy atom. The Morgan fingerprint density at radius 1 is 1.19 bits per heavy atom. The summed E-state index contributed by atoms with van der Waals surface area (Å²) in [5.41, 5.74) is 1.61. The van der Waals surface area contributed by atoms with Gasteiger partial charge in [0, 0.05) is 22.2 Å². The molecule has 3 N–H and O–H groups in total. The number of pyridine rings is 1. The molecular formula is C17H9Cl3FN3O3. The average molecular weight is 429 g/mol. The Labute approximate surface area is 166 Å². The highest BCUT2D eigenvalue weighted by atomic mass is 35.5. The number of hydrogen-bond donors (Lipinski definition) is 3. The first-order valence-electron chi connectivity index (χ1n) is 7.30. The molecule has 27 heavy (non-hydrogen) atoms. The summed E-state index contributed by atoms with van der Waals surface area (Å²) in [7, 11) is 0. The van der Waals surface area contributed by atoms with E-state index < -0.39 is 17.2 Å². The fourth-order valence-electron chi connectivity index (χ4n) is 2.29. The minimum Gasteiger partial charge on any atom is -0.506 e. The molecule has 0 aliphatic heterocycles. The molecule has 0 atom stereocenters. The number of phenols is 1. The molecular weight excluding hydrogens is 420 g/mol. The van der Waals surface area contributed by atoms with Gasteiger partial charge in [-0.25, -0.2) is 9.82 Å². The molecule has 0 radical (unpaired) electrons. The van der Waals surface area contributed by atoms with Gasteiger partial charge < -0.3 is 10.1 Å². The number of fused-ring (bicyclic) bond motifs is 1. The van der Waals surface area contributed by atoms with Gasteiger partial charge in [0.15, 0.2) is 0 Å². The smallest absolute Gasteiger partial charge is 0.276 e. The van der Waals surface area contributed by atoms with Gasteiger partial charge in [-0.05, 0) is 24.3 Å². The molecule has 0 unspecified atom stereocenters. The maximum Gasteiger partial charge on any atom is 0.276 e. The van der Waals surface area contributed by atoms with Crippen LogP contribution in [0.3, 0.4) is 0 Å². The number of H-pyrrole nitrogens is 1. The Hall–Kier alpha value is -2.61. The van der Waals surface area contributed by atoms with Crippen LogP contribution in [-0.2, 0) is 0 Å². The van der Waals surface area contributed by atoms with Crippen molar-refractivity contribution in [3.63, 3.8) is 0 Å². The second kappa shape index (κ2) is 7.56. The summed E-state index contributed by atoms with van der Waals surface area (Å²) in [6.45, 7) is 0. The lowest BCUT2D eigenvalue weighted by Crippen LogP contribution is -2.25. The first-order valence-corrected chi connectivity index (χ1v) is 8.43. The fraction of sp³-hybridized carbons (Fsp3) is 0. The molecule has 0 spiro atoms. The third kappa shape index (κ3) is 3.90. The van der Waals surface area contributed by atoms with Gasteiger partial charge in [-0.15, -0.1) is 0 Å². The zero-order chi connectivity index (χ0) is 19.7. The second-order valence-corrected chi connectivity index (χ2v) is 6.62. The van der Waals surface area contributed by atoms with Crippen LogP contribution in [0.15, 0.2) is 40.4 Å². The van der Waals surface area contributed by atoms with Crippen molar-refractivity contribution in [1.29, 1.82) is 0 Å². The number of phenolic OH excluding ortho intramolecular Hbond substituents is 1. The summed E-state index contributed by atoms with van der Waals surface area (Å²) in [4.78, 5) is 27.3. The summed E-state index contributed by atoms with van der Waals surface area (Å²) in [5.74, 6) is -1.88. The van der Waals surface area contributed by atoms with Gasteiger partial charge in [0.25, 0.3) is 5.91 Å². The number of amides is 1. The molecule has 1 amide bonds. The quantitative estimate of drug-likeness (QED) is 0.433. The molecule has 1 heterocycles. The Balaban J connectivity index is 1.88. The molecule has 3 rings (SSSR count). The minimum absolute atomic E-state index is 0.0157. The predicted octanol–water partition coefficient (Wildman–Crippen LogP) is 4.10. The van der Waals surface area contributed by atoms with Crippen molar-refractivity contribution in [1.82, 2.24) is 10.4 Å². The van der Waals surface area contributed by atoms with Gasteiger partial charge in [0.1, 0.15) is 17.1 Å². The van der Waals surface area contributed by atoms with E-state index in [0.717, 1.165) is 18.5 Å². The van der Waals surface area contributed by atoms with Crippen LogP contribution < -0.4 is 10.9 Å². The predicted molar refractivity (Wildman–Crippen MR) is 103 cm³/mol. The second-order valence-electron chi connectivity index (χ2n) is 5.37. The molecule has 6 nitrogen and oxygen atoms in total. The zero-order valence-corrected chi connectivity index (χ0v) is 15.5. The summed E-state index contributed by atoms with van der Waals surface area (Å²) < 4.78 is 13.6. The molecule has 0 bridgehead atoms. The van der Waals surface area contributed by atoms with Crippen molar-refractivity contribution < 1.29 is 14.3 Å². The number of nitrogens with one attached hydrogen (secondary N) is 2. The van der Waals surface area contributed by atoms with Gasteiger partial charge >= 0.3 is 0 Å². The maximum absolute atomic E-state index is 13.6. The van der Waals surface area contributed by atoms with Crippen LogP contribution in [-0.4, -0.2) is 22.2 Å². The summed E-state index contributed by atoms with van der Waals surface area (Å²) in [6.07, 6.45) is 2.27. The normalized spacial score (nSPS) is 11.3. The monoisotopic (exact) mass is 427 g/mol. The lowest BCUT2D eigenvalue weighted by molar-refractivity contribution is 0.0954. The highest BCUT2D eigenvalue weighted by molar-refractivity contribution is 6.36. The highest BCUT2D eigenvalue weighted by Crippen LogP contribution is 2.29. The van der Waals surface area contributed by atoms with Gasteiger partial charge in [-0.3, -0.25) is 9.59 Å². The lowest BCUT2D eigenvalue weighted by atomic mass is 10.1. The van der Waals surface area contributed by atoms with Crippen molar-refractivity contribution in [2.75, 3.05) is 0 Å². The number of aromatic hydroxyl groups is 1. The molecule has 0 aliphatic rings. The number of aromatic amines is 1. The first kappa shape index (κ1) is 19.2. The van der Waals surface area contributed by atoms with Crippen LogP contribution >= 0.6 is 34.8 Å². The van der Waals surface area contributed by atoms with E-state index >= 15 is 0 Å². The van der Waals surface area contributed by atoms with Gasteiger partial charge in [-0.2, -0.15) is 5.10 Å². The van der Waals surface area contributed by atoms with Crippen molar-refractivity contribution in [2.45, 2.75) is 0 Å². The standard InChI is InChI=1S/C17H9Cl3FN3O3/c18-8-1-7(15(25)12(20)2-8)5-23-24-17(27)10-6-22-14-4-11(19)13(21)3-9(14)16(10)26/h1-6,25H,(H,22,26)(H,24,27)/b23-5+. The third-order valence-corrected chi connectivity index (χ3v) is 4.39. The number of rotatable bonds is 3. The summed E-state index contributed by atoms with van der Waals surface area (Å²) in [5, 5.41) is 13.6. The van der Waals surface area contributed by atoms with E-state index in [1.54, 1.807) is 0 Å². The molecule has 0 saturated heterocycles. The lowest BCUT2D eigenvalue weighted by Gasteiger charge is -2.04.